The number of benzene rings is 1. The van der Waals surface area contributed by atoms with Gasteiger partial charge in [-0.05, 0) is 19.9 Å². The largest absolute Gasteiger partial charge is 0.496 e. The Bertz CT molecular complexity index is 286. The van der Waals surface area contributed by atoms with Crippen molar-refractivity contribution in [3.63, 3.8) is 0 Å². The molecule has 0 heterocycles. The van der Waals surface area contributed by atoms with Crippen LogP contribution in [0.2, 0.25) is 0 Å². The molecule has 0 aliphatic rings. The van der Waals surface area contributed by atoms with Gasteiger partial charge >= 0.3 is 0 Å². The molecular weight excluding hydrogens is 164 g/mol. The average molecular weight is 180 g/mol. The van der Waals surface area contributed by atoms with Crippen LogP contribution in [0.4, 0.5) is 0 Å². The zero-order valence-corrected chi connectivity index (χ0v) is 8.29. The molecule has 0 aliphatic heterocycles. The molecule has 0 radical (unpaired) electrons. The second kappa shape index (κ2) is 4.25. The fraction of sp³-hybridized carbons (Fsp3) is 0.400. The summed E-state index contributed by atoms with van der Waals surface area (Å²) in [6, 6.07) is 6.16. The third-order valence-corrected chi connectivity index (χ3v) is 2.10. The molecule has 1 unspecified atom stereocenters. The molecule has 13 heavy (non-hydrogen) atoms. The zero-order chi connectivity index (χ0) is 9.84. The number of nitrogens with one attached hydrogen (secondary N) is 1. The summed E-state index contributed by atoms with van der Waals surface area (Å²) in [5.74, 6) is 6.24. The minimum Gasteiger partial charge on any atom is -0.496 e. The molecule has 3 nitrogen and oxygen atoms in total. The van der Waals surface area contributed by atoms with Crippen LogP contribution in [0.15, 0.2) is 18.2 Å². The van der Waals surface area contributed by atoms with Gasteiger partial charge in [0.25, 0.3) is 0 Å². The van der Waals surface area contributed by atoms with Gasteiger partial charge in [0.2, 0.25) is 0 Å². The fourth-order valence-corrected chi connectivity index (χ4v) is 1.28. The summed E-state index contributed by atoms with van der Waals surface area (Å²) in [6.45, 7) is 4.05. The standard InChI is InChI=1S/C10H16N2O/c1-7-4-5-10(13-3)9(6-7)8(2)12-11/h4-6,8,12H,11H2,1-3H3. The Kier molecular flexibility index (Phi) is 3.28. The first-order chi connectivity index (χ1) is 6.19. The van der Waals surface area contributed by atoms with Crippen molar-refractivity contribution in [1.29, 1.82) is 0 Å². The average Bonchev–Trinajstić information content (AvgIpc) is 2.16. The van der Waals surface area contributed by atoms with Crippen LogP contribution in [0.3, 0.4) is 0 Å². The second-order valence-electron chi connectivity index (χ2n) is 3.13. The van der Waals surface area contributed by atoms with E-state index in [0.717, 1.165) is 11.3 Å². The number of hydrogen-bond acceptors (Lipinski definition) is 3. The Morgan fingerprint density at radius 2 is 2.15 bits per heavy atom. The van der Waals surface area contributed by atoms with Gasteiger partial charge in [0.15, 0.2) is 0 Å². The highest BCUT2D eigenvalue weighted by molar-refractivity contribution is 5.38. The van der Waals surface area contributed by atoms with Crippen LogP contribution in [0.5, 0.6) is 5.75 Å². The minimum atomic E-state index is 0.106. The van der Waals surface area contributed by atoms with Gasteiger partial charge < -0.3 is 4.74 Å². The lowest BCUT2D eigenvalue weighted by Gasteiger charge is -2.15. The Labute approximate surface area is 78.9 Å². The van der Waals surface area contributed by atoms with Gasteiger partial charge in [-0.15, -0.1) is 0 Å². The summed E-state index contributed by atoms with van der Waals surface area (Å²) >= 11 is 0. The molecule has 0 aromatic heterocycles. The highest BCUT2D eigenvalue weighted by Crippen LogP contribution is 2.25. The summed E-state index contributed by atoms with van der Waals surface area (Å²) in [7, 11) is 1.66. The topological polar surface area (TPSA) is 47.3 Å². The molecule has 3 heteroatoms. The number of rotatable bonds is 3. The van der Waals surface area contributed by atoms with Crippen molar-refractivity contribution < 1.29 is 4.74 Å². The first kappa shape index (κ1) is 10.0. The lowest BCUT2D eigenvalue weighted by atomic mass is 10.1. The summed E-state index contributed by atoms with van der Waals surface area (Å²) in [4.78, 5) is 0. The molecule has 0 amide bonds. The van der Waals surface area contributed by atoms with Crippen molar-refractivity contribution in [2.24, 2.45) is 5.84 Å². The maximum absolute atomic E-state index is 5.37. The van der Waals surface area contributed by atoms with Gasteiger partial charge in [0, 0.05) is 11.6 Å². The van der Waals surface area contributed by atoms with E-state index in [1.165, 1.54) is 5.56 Å². The van der Waals surface area contributed by atoms with Crippen molar-refractivity contribution in [3.8, 4) is 5.75 Å². The fourth-order valence-electron chi connectivity index (χ4n) is 1.28. The molecule has 72 valence electrons. The van der Waals surface area contributed by atoms with Crippen LogP contribution >= 0.6 is 0 Å². The van der Waals surface area contributed by atoms with Crippen LogP contribution in [-0.2, 0) is 0 Å². The SMILES string of the molecule is COc1ccc(C)cc1C(C)NN. The van der Waals surface area contributed by atoms with E-state index in [0.29, 0.717) is 0 Å². The number of hydrogen-bond donors (Lipinski definition) is 2. The molecule has 0 saturated heterocycles. The molecule has 0 spiro atoms. The van der Waals surface area contributed by atoms with E-state index in [1.807, 2.05) is 26.0 Å². The van der Waals surface area contributed by atoms with E-state index in [4.69, 9.17) is 10.6 Å². The van der Waals surface area contributed by atoms with E-state index in [9.17, 15) is 0 Å². The lowest BCUT2D eigenvalue weighted by Crippen LogP contribution is -2.26. The van der Waals surface area contributed by atoms with Crippen LogP contribution in [0.1, 0.15) is 24.1 Å². The maximum atomic E-state index is 5.37. The molecule has 0 aliphatic carbocycles. The molecule has 0 fully saturated rings. The Morgan fingerprint density at radius 3 is 2.69 bits per heavy atom. The quantitative estimate of drug-likeness (QED) is 0.547. The van der Waals surface area contributed by atoms with E-state index in [2.05, 4.69) is 11.5 Å². The summed E-state index contributed by atoms with van der Waals surface area (Å²) in [5, 5.41) is 0. The molecular formula is C10H16N2O. The third-order valence-electron chi connectivity index (χ3n) is 2.10. The maximum Gasteiger partial charge on any atom is 0.123 e. The molecule has 1 aromatic carbocycles. The predicted molar refractivity (Wildman–Crippen MR) is 53.5 cm³/mol. The zero-order valence-electron chi connectivity index (χ0n) is 8.29. The third kappa shape index (κ3) is 2.20. The molecule has 0 bridgehead atoms. The second-order valence-corrected chi connectivity index (χ2v) is 3.13. The van der Waals surface area contributed by atoms with Gasteiger partial charge in [0.1, 0.15) is 5.75 Å². The molecule has 1 rings (SSSR count). The van der Waals surface area contributed by atoms with E-state index < -0.39 is 0 Å². The summed E-state index contributed by atoms with van der Waals surface area (Å²) in [6.07, 6.45) is 0. The van der Waals surface area contributed by atoms with Gasteiger partial charge in [0.05, 0.1) is 7.11 Å². The molecule has 1 atom stereocenters. The van der Waals surface area contributed by atoms with Gasteiger partial charge in [-0.25, -0.2) is 0 Å². The van der Waals surface area contributed by atoms with E-state index in [-0.39, 0.29) is 6.04 Å². The molecule has 1 aromatic rings. The van der Waals surface area contributed by atoms with Gasteiger partial charge in [-0.2, -0.15) is 0 Å². The summed E-state index contributed by atoms with van der Waals surface area (Å²) in [5.41, 5.74) is 5.00. The number of nitrogens with two attached hydrogens (primary N) is 1. The first-order valence-corrected chi connectivity index (χ1v) is 4.29. The Balaban J connectivity index is 3.07. The number of methoxy groups -OCH3 is 1. The van der Waals surface area contributed by atoms with Crippen molar-refractivity contribution in [2.75, 3.05) is 7.11 Å². The van der Waals surface area contributed by atoms with Crippen molar-refractivity contribution >= 4 is 0 Å². The van der Waals surface area contributed by atoms with Crippen molar-refractivity contribution in [2.45, 2.75) is 19.9 Å². The normalized spacial score (nSPS) is 12.6. The lowest BCUT2D eigenvalue weighted by molar-refractivity contribution is 0.402. The van der Waals surface area contributed by atoms with Gasteiger partial charge in [-0.1, -0.05) is 17.7 Å². The summed E-state index contributed by atoms with van der Waals surface area (Å²) < 4.78 is 5.23. The van der Waals surface area contributed by atoms with Crippen LogP contribution in [0, 0.1) is 6.92 Å². The Morgan fingerprint density at radius 1 is 1.46 bits per heavy atom. The van der Waals surface area contributed by atoms with Crippen LogP contribution in [-0.4, -0.2) is 7.11 Å². The number of aryl methyl sites for hydroxylation is 1. The van der Waals surface area contributed by atoms with Crippen LogP contribution < -0.4 is 16.0 Å². The van der Waals surface area contributed by atoms with Crippen molar-refractivity contribution in [1.82, 2.24) is 5.43 Å². The van der Waals surface area contributed by atoms with Crippen molar-refractivity contribution in [3.05, 3.63) is 29.3 Å². The van der Waals surface area contributed by atoms with Gasteiger partial charge in [-0.3, -0.25) is 11.3 Å². The Hall–Kier alpha value is -1.06. The number of ether oxygens (including phenoxy) is 1. The monoisotopic (exact) mass is 180 g/mol. The van der Waals surface area contributed by atoms with Crippen LogP contribution in [0.25, 0.3) is 0 Å². The predicted octanol–water partition coefficient (Wildman–Crippen LogP) is 1.53. The minimum absolute atomic E-state index is 0.106. The van der Waals surface area contributed by atoms with E-state index >= 15 is 0 Å². The molecule has 0 saturated carbocycles. The highest BCUT2D eigenvalue weighted by Gasteiger charge is 2.09. The smallest absolute Gasteiger partial charge is 0.123 e. The first-order valence-electron chi connectivity index (χ1n) is 4.29. The highest BCUT2D eigenvalue weighted by atomic mass is 16.5. The number of hydrazine groups is 1. The van der Waals surface area contributed by atoms with E-state index in [1.54, 1.807) is 7.11 Å². The molecule has 3 N–H and O–H groups in total.